The number of para-hydroxylation sites is 1. The van der Waals surface area contributed by atoms with Gasteiger partial charge in [-0.2, -0.15) is 0 Å². The number of hydrogen-bond donors (Lipinski definition) is 1. The summed E-state index contributed by atoms with van der Waals surface area (Å²) in [6.07, 6.45) is 0. The van der Waals surface area contributed by atoms with Crippen LogP contribution in [0.1, 0.15) is 18.1 Å². The summed E-state index contributed by atoms with van der Waals surface area (Å²) >= 11 is 0. The highest BCUT2D eigenvalue weighted by molar-refractivity contribution is 5.79. The molecule has 2 aromatic rings. The second-order valence-corrected chi connectivity index (χ2v) is 6.55. The highest BCUT2D eigenvalue weighted by Crippen LogP contribution is 2.08. The van der Waals surface area contributed by atoms with E-state index in [1.165, 1.54) is 5.56 Å². The third-order valence-corrected chi connectivity index (χ3v) is 4.30. The van der Waals surface area contributed by atoms with Gasteiger partial charge in [0.25, 0.3) is 0 Å². The van der Waals surface area contributed by atoms with Crippen molar-refractivity contribution in [3.8, 4) is 5.75 Å². The van der Waals surface area contributed by atoms with Gasteiger partial charge in [-0.25, -0.2) is 0 Å². The fraction of sp³-hybridized carbons (Fsp3) is 0.435. The molecule has 0 aliphatic rings. The summed E-state index contributed by atoms with van der Waals surface area (Å²) in [7, 11) is 3.80. The van der Waals surface area contributed by atoms with Crippen LogP contribution in [0.5, 0.6) is 5.75 Å². The maximum atomic E-state index is 5.76. The van der Waals surface area contributed by atoms with E-state index >= 15 is 0 Å². The zero-order valence-electron chi connectivity index (χ0n) is 17.8. The van der Waals surface area contributed by atoms with Crippen LogP contribution in [0, 0.1) is 0 Å². The molecular weight excluding hydrogens is 366 g/mol. The Bertz CT molecular complexity index is 722. The van der Waals surface area contributed by atoms with Crippen molar-refractivity contribution in [1.82, 2.24) is 10.2 Å². The Morgan fingerprint density at radius 2 is 1.72 bits per heavy atom. The fourth-order valence-corrected chi connectivity index (χ4v) is 2.77. The number of nitrogens with one attached hydrogen (secondary N) is 1. The number of guanidine groups is 1. The summed E-state index contributed by atoms with van der Waals surface area (Å²) in [6.45, 7) is 6.57. The van der Waals surface area contributed by atoms with E-state index in [4.69, 9.17) is 14.2 Å². The Morgan fingerprint density at radius 3 is 2.48 bits per heavy atom. The van der Waals surface area contributed by atoms with E-state index in [-0.39, 0.29) is 0 Å². The first-order valence-electron chi connectivity index (χ1n) is 10.1. The van der Waals surface area contributed by atoms with Crippen LogP contribution in [0.4, 0.5) is 0 Å². The lowest BCUT2D eigenvalue weighted by molar-refractivity contribution is 0.0453. The summed E-state index contributed by atoms with van der Waals surface area (Å²) in [5.74, 6) is 1.71. The lowest BCUT2D eigenvalue weighted by Gasteiger charge is -2.22. The van der Waals surface area contributed by atoms with Gasteiger partial charge in [-0.05, 0) is 30.2 Å². The molecule has 1 N–H and O–H groups in total. The van der Waals surface area contributed by atoms with Crippen LogP contribution in [-0.4, -0.2) is 57.9 Å². The van der Waals surface area contributed by atoms with Crippen molar-refractivity contribution < 1.29 is 14.2 Å². The zero-order valence-corrected chi connectivity index (χ0v) is 17.8. The van der Waals surface area contributed by atoms with Gasteiger partial charge in [-0.1, -0.05) is 42.5 Å². The second-order valence-electron chi connectivity index (χ2n) is 6.55. The van der Waals surface area contributed by atoms with Crippen molar-refractivity contribution in [2.24, 2.45) is 4.99 Å². The Hall–Kier alpha value is -2.57. The molecule has 29 heavy (non-hydrogen) atoms. The summed E-state index contributed by atoms with van der Waals surface area (Å²) in [5, 5.41) is 3.40. The lowest BCUT2D eigenvalue weighted by atomic mass is 10.1. The summed E-state index contributed by atoms with van der Waals surface area (Å²) in [6, 6.07) is 18.2. The lowest BCUT2D eigenvalue weighted by Crippen LogP contribution is -2.40. The number of rotatable bonds is 12. The van der Waals surface area contributed by atoms with E-state index in [1.54, 1.807) is 7.05 Å². The average Bonchev–Trinajstić information content (AvgIpc) is 2.75. The SMILES string of the molecule is CCOCCOCc1cccc(CNC(=NC)N(C)CCOc2ccccc2)c1. The number of nitrogens with zero attached hydrogens (tertiary/aromatic N) is 2. The predicted octanol–water partition coefficient (Wildman–Crippen LogP) is 3.33. The van der Waals surface area contributed by atoms with Crippen LogP contribution in [0.2, 0.25) is 0 Å². The zero-order chi connectivity index (χ0) is 20.7. The highest BCUT2D eigenvalue weighted by Gasteiger charge is 2.06. The first-order valence-corrected chi connectivity index (χ1v) is 10.1. The second kappa shape index (κ2) is 13.6. The van der Waals surface area contributed by atoms with Crippen LogP contribution in [-0.2, 0) is 22.6 Å². The van der Waals surface area contributed by atoms with Crippen molar-refractivity contribution in [2.45, 2.75) is 20.1 Å². The van der Waals surface area contributed by atoms with E-state index in [0.717, 1.165) is 30.4 Å². The van der Waals surface area contributed by atoms with Gasteiger partial charge in [0, 0.05) is 27.2 Å². The van der Waals surface area contributed by atoms with Gasteiger partial charge in [0.05, 0.1) is 26.4 Å². The minimum atomic E-state index is 0.590. The Morgan fingerprint density at radius 1 is 0.966 bits per heavy atom. The van der Waals surface area contributed by atoms with Crippen LogP contribution in [0.3, 0.4) is 0 Å². The molecule has 0 aliphatic carbocycles. The van der Waals surface area contributed by atoms with E-state index in [9.17, 15) is 0 Å². The minimum Gasteiger partial charge on any atom is -0.492 e. The quantitative estimate of drug-likeness (QED) is 0.337. The molecule has 0 saturated heterocycles. The van der Waals surface area contributed by atoms with E-state index in [0.29, 0.717) is 33.0 Å². The molecule has 158 valence electrons. The topological polar surface area (TPSA) is 55.3 Å². The van der Waals surface area contributed by atoms with E-state index in [2.05, 4.69) is 39.5 Å². The van der Waals surface area contributed by atoms with Crippen molar-refractivity contribution in [2.75, 3.05) is 47.1 Å². The molecule has 6 nitrogen and oxygen atoms in total. The number of likely N-dealkylation sites (N-methyl/N-ethyl adjacent to an activating group) is 1. The summed E-state index contributed by atoms with van der Waals surface area (Å²) < 4.78 is 16.7. The molecule has 0 spiro atoms. The molecule has 0 heterocycles. The molecule has 0 atom stereocenters. The standard InChI is InChI=1S/C23H33N3O3/c1-4-27-15-16-28-19-21-10-8-9-20(17-21)18-25-23(24-2)26(3)13-14-29-22-11-6-5-7-12-22/h5-12,17H,4,13-16,18-19H2,1-3H3,(H,24,25). The fourth-order valence-electron chi connectivity index (χ4n) is 2.77. The smallest absolute Gasteiger partial charge is 0.193 e. The minimum absolute atomic E-state index is 0.590. The van der Waals surface area contributed by atoms with Gasteiger partial charge in [0.1, 0.15) is 12.4 Å². The third-order valence-electron chi connectivity index (χ3n) is 4.30. The third kappa shape index (κ3) is 8.98. The van der Waals surface area contributed by atoms with Gasteiger partial charge in [-0.15, -0.1) is 0 Å². The molecule has 0 unspecified atom stereocenters. The van der Waals surface area contributed by atoms with E-state index in [1.807, 2.05) is 44.3 Å². The van der Waals surface area contributed by atoms with E-state index < -0.39 is 0 Å². The Labute approximate surface area is 174 Å². The molecule has 0 aromatic heterocycles. The largest absolute Gasteiger partial charge is 0.492 e. The monoisotopic (exact) mass is 399 g/mol. The number of ether oxygens (including phenoxy) is 3. The molecule has 6 heteroatoms. The molecule has 0 aliphatic heterocycles. The van der Waals surface area contributed by atoms with Crippen LogP contribution in [0.15, 0.2) is 59.6 Å². The van der Waals surface area contributed by atoms with Crippen LogP contribution in [0.25, 0.3) is 0 Å². The van der Waals surface area contributed by atoms with Crippen LogP contribution >= 0.6 is 0 Å². The normalized spacial score (nSPS) is 11.3. The van der Waals surface area contributed by atoms with Crippen molar-refractivity contribution in [3.05, 3.63) is 65.7 Å². The molecule has 0 bridgehead atoms. The van der Waals surface area contributed by atoms with Crippen molar-refractivity contribution in [1.29, 1.82) is 0 Å². The van der Waals surface area contributed by atoms with Gasteiger partial charge >= 0.3 is 0 Å². The van der Waals surface area contributed by atoms with Gasteiger partial charge in [-0.3, -0.25) is 4.99 Å². The molecule has 0 amide bonds. The Balaban J connectivity index is 1.74. The van der Waals surface area contributed by atoms with Gasteiger partial charge < -0.3 is 24.4 Å². The average molecular weight is 400 g/mol. The number of benzene rings is 2. The first-order chi connectivity index (χ1) is 14.2. The Kier molecular flexibility index (Phi) is 10.6. The number of hydrogen-bond acceptors (Lipinski definition) is 4. The van der Waals surface area contributed by atoms with Crippen molar-refractivity contribution in [3.63, 3.8) is 0 Å². The number of aliphatic imine (C=N–C) groups is 1. The van der Waals surface area contributed by atoms with Gasteiger partial charge in [0.15, 0.2) is 5.96 Å². The van der Waals surface area contributed by atoms with Crippen molar-refractivity contribution >= 4 is 5.96 Å². The molecule has 2 rings (SSSR count). The molecule has 2 aromatic carbocycles. The first kappa shape index (κ1) is 22.7. The maximum absolute atomic E-state index is 5.76. The molecule has 0 fully saturated rings. The highest BCUT2D eigenvalue weighted by atomic mass is 16.5. The molecular formula is C23H33N3O3. The van der Waals surface area contributed by atoms with Crippen LogP contribution < -0.4 is 10.1 Å². The summed E-state index contributed by atoms with van der Waals surface area (Å²) in [5.41, 5.74) is 2.34. The van der Waals surface area contributed by atoms with Gasteiger partial charge in [0.2, 0.25) is 0 Å². The molecule has 0 radical (unpaired) electrons. The summed E-state index contributed by atoms with van der Waals surface area (Å²) in [4.78, 5) is 6.43. The molecule has 0 saturated carbocycles. The maximum Gasteiger partial charge on any atom is 0.193 e. The predicted molar refractivity (Wildman–Crippen MR) is 117 cm³/mol.